The molecular weight excluding hydrogens is 152 g/mol. The van der Waals surface area contributed by atoms with Gasteiger partial charge in [-0.25, -0.2) is 0 Å². The maximum atomic E-state index is 11.2. The van der Waals surface area contributed by atoms with Crippen LogP contribution in [-0.2, 0) is 9.53 Å². The normalized spacial score (nSPS) is 23.6. The minimum atomic E-state index is 0.0687. The van der Waals surface area contributed by atoms with E-state index in [0.29, 0.717) is 13.0 Å². The van der Waals surface area contributed by atoms with Gasteiger partial charge < -0.3 is 4.74 Å². The molecule has 0 heterocycles. The summed E-state index contributed by atoms with van der Waals surface area (Å²) in [6, 6.07) is 0. The Morgan fingerprint density at radius 3 is 3.17 bits per heavy atom. The van der Waals surface area contributed by atoms with E-state index in [2.05, 4.69) is 6.58 Å². The Kier molecular flexibility index (Phi) is 3.23. The van der Waals surface area contributed by atoms with Crippen molar-refractivity contribution in [3.8, 4) is 0 Å². The largest absolute Gasteiger partial charge is 0.373 e. The molecule has 2 heteroatoms. The summed E-state index contributed by atoms with van der Waals surface area (Å²) in [5.74, 6) is 0.204. The summed E-state index contributed by atoms with van der Waals surface area (Å²) in [7, 11) is 0. The van der Waals surface area contributed by atoms with Gasteiger partial charge >= 0.3 is 0 Å². The van der Waals surface area contributed by atoms with Crippen LogP contribution >= 0.6 is 0 Å². The predicted octanol–water partition coefficient (Wildman–Crippen LogP) is 1.87. The van der Waals surface area contributed by atoms with Crippen LogP contribution in [0.5, 0.6) is 0 Å². The summed E-state index contributed by atoms with van der Waals surface area (Å²) in [6.07, 6.45) is 5.09. The van der Waals surface area contributed by atoms with E-state index in [1.165, 1.54) is 0 Å². The summed E-state index contributed by atoms with van der Waals surface area (Å²) < 4.78 is 5.37. The first kappa shape index (κ1) is 9.20. The molecule has 1 aliphatic rings. The molecule has 1 rings (SSSR count). The van der Waals surface area contributed by atoms with Crippen molar-refractivity contribution < 1.29 is 9.53 Å². The highest BCUT2D eigenvalue weighted by Crippen LogP contribution is 2.16. The molecule has 0 aromatic rings. The molecule has 0 aliphatic heterocycles. The maximum absolute atomic E-state index is 11.2. The van der Waals surface area contributed by atoms with Crippen molar-refractivity contribution in [3.05, 3.63) is 24.3 Å². The predicted molar refractivity (Wildman–Crippen MR) is 47.9 cm³/mol. The minimum absolute atomic E-state index is 0.0687. The second-order valence-corrected chi connectivity index (χ2v) is 2.99. The quantitative estimate of drug-likeness (QED) is 0.598. The molecule has 1 aliphatic carbocycles. The Bertz CT molecular complexity index is 216. The highest BCUT2D eigenvalue weighted by Gasteiger charge is 2.18. The second kappa shape index (κ2) is 4.21. The second-order valence-electron chi connectivity index (χ2n) is 2.99. The summed E-state index contributed by atoms with van der Waals surface area (Å²) in [6.45, 7) is 5.94. The first-order valence-electron chi connectivity index (χ1n) is 4.16. The Morgan fingerprint density at radius 1 is 1.83 bits per heavy atom. The summed E-state index contributed by atoms with van der Waals surface area (Å²) in [4.78, 5) is 11.2. The smallest absolute Gasteiger partial charge is 0.160 e. The average molecular weight is 166 g/mol. The zero-order valence-corrected chi connectivity index (χ0v) is 7.38. The summed E-state index contributed by atoms with van der Waals surface area (Å²) >= 11 is 0. The van der Waals surface area contributed by atoms with Crippen molar-refractivity contribution in [1.29, 1.82) is 0 Å². The van der Waals surface area contributed by atoms with E-state index in [9.17, 15) is 4.79 Å². The molecule has 0 saturated heterocycles. The Balaban J connectivity index is 2.42. The standard InChI is InChI=1S/C10H14O2/c1-3-6-12-9-5-4-8(2)10(11)7-9/h3-4,9H,1,5-7H2,2H3. The van der Waals surface area contributed by atoms with Gasteiger partial charge in [0.05, 0.1) is 12.7 Å². The summed E-state index contributed by atoms with van der Waals surface area (Å²) in [5, 5.41) is 0. The van der Waals surface area contributed by atoms with Crippen molar-refractivity contribution in [2.75, 3.05) is 6.61 Å². The zero-order chi connectivity index (χ0) is 8.97. The number of carbonyl (C=O) groups excluding carboxylic acids is 1. The SMILES string of the molecule is C=CCOC1CC=C(C)C(=O)C1. The van der Waals surface area contributed by atoms with E-state index in [4.69, 9.17) is 4.74 Å². The first-order valence-corrected chi connectivity index (χ1v) is 4.16. The number of rotatable bonds is 3. The van der Waals surface area contributed by atoms with Gasteiger partial charge in [0.15, 0.2) is 5.78 Å². The van der Waals surface area contributed by atoms with Crippen LogP contribution in [0.1, 0.15) is 19.8 Å². The minimum Gasteiger partial charge on any atom is -0.373 e. The molecule has 0 saturated carbocycles. The van der Waals surface area contributed by atoms with Crippen LogP contribution in [0.15, 0.2) is 24.3 Å². The van der Waals surface area contributed by atoms with E-state index in [1.807, 2.05) is 13.0 Å². The van der Waals surface area contributed by atoms with Gasteiger partial charge in [-0.05, 0) is 18.9 Å². The molecule has 66 valence electrons. The molecule has 1 atom stereocenters. The number of carbonyl (C=O) groups is 1. The van der Waals surface area contributed by atoms with Crippen LogP contribution in [0.4, 0.5) is 0 Å². The Labute approximate surface area is 72.9 Å². The Morgan fingerprint density at radius 2 is 2.58 bits per heavy atom. The van der Waals surface area contributed by atoms with E-state index in [-0.39, 0.29) is 11.9 Å². The number of ether oxygens (including phenoxy) is 1. The van der Waals surface area contributed by atoms with Crippen LogP contribution in [0.25, 0.3) is 0 Å². The molecule has 12 heavy (non-hydrogen) atoms. The number of hydrogen-bond donors (Lipinski definition) is 0. The lowest BCUT2D eigenvalue weighted by molar-refractivity contribution is -0.118. The van der Waals surface area contributed by atoms with E-state index >= 15 is 0 Å². The van der Waals surface area contributed by atoms with Crippen LogP contribution in [-0.4, -0.2) is 18.5 Å². The van der Waals surface area contributed by atoms with Gasteiger partial charge in [-0.2, -0.15) is 0 Å². The molecule has 0 fully saturated rings. The van der Waals surface area contributed by atoms with Gasteiger partial charge in [-0.15, -0.1) is 6.58 Å². The van der Waals surface area contributed by atoms with Crippen LogP contribution in [0.2, 0.25) is 0 Å². The molecule has 0 aromatic carbocycles. The lowest BCUT2D eigenvalue weighted by Gasteiger charge is -2.18. The lowest BCUT2D eigenvalue weighted by Crippen LogP contribution is -2.21. The van der Waals surface area contributed by atoms with Gasteiger partial charge in [-0.1, -0.05) is 12.2 Å². The fourth-order valence-corrected chi connectivity index (χ4v) is 1.20. The van der Waals surface area contributed by atoms with E-state index in [0.717, 1.165) is 12.0 Å². The molecule has 0 spiro atoms. The third-order valence-electron chi connectivity index (χ3n) is 1.99. The van der Waals surface area contributed by atoms with Gasteiger partial charge in [-0.3, -0.25) is 4.79 Å². The molecule has 0 N–H and O–H groups in total. The topological polar surface area (TPSA) is 26.3 Å². The van der Waals surface area contributed by atoms with E-state index in [1.54, 1.807) is 6.08 Å². The van der Waals surface area contributed by atoms with Gasteiger partial charge in [0.25, 0.3) is 0 Å². The molecule has 0 bridgehead atoms. The average Bonchev–Trinajstić information content (AvgIpc) is 2.07. The van der Waals surface area contributed by atoms with Gasteiger partial charge in [0.1, 0.15) is 0 Å². The monoisotopic (exact) mass is 166 g/mol. The van der Waals surface area contributed by atoms with Gasteiger partial charge in [0, 0.05) is 6.42 Å². The molecular formula is C10H14O2. The third kappa shape index (κ3) is 2.31. The van der Waals surface area contributed by atoms with Crippen molar-refractivity contribution in [2.24, 2.45) is 0 Å². The van der Waals surface area contributed by atoms with Crippen molar-refractivity contribution >= 4 is 5.78 Å². The molecule has 1 unspecified atom stereocenters. The third-order valence-corrected chi connectivity index (χ3v) is 1.99. The van der Waals surface area contributed by atoms with Crippen molar-refractivity contribution in [2.45, 2.75) is 25.9 Å². The summed E-state index contributed by atoms with van der Waals surface area (Å²) in [5.41, 5.74) is 0.869. The number of allylic oxidation sites excluding steroid dienone is 1. The number of hydrogen-bond acceptors (Lipinski definition) is 2. The van der Waals surface area contributed by atoms with Crippen LogP contribution in [0, 0.1) is 0 Å². The first-order chi connectivity index (χ1) is 5.74. The van der Waals surface area contributed by atoms with Crippen molar-refractivity contribution in [3.63, 3.8) is 0 Å². The van der Waals surface area contributed by atoms with E-state index < -0.39 is 0 Å². The number of ketones is 1. The van der Waals surface area contributed by atoms with Crippen LogP contribution in [0.3, 0.4) is 0 Å². The number of Topliss-reactive ketones (excluding diaryl/α,β-unsaturated/α-hetero) is 1. The molecule has 0 aromatic heterocycles. The highest BCUT2D eigenvalue weighted by atomic mass is 16.5. The fraction of sp³-hybridized carbons (Fsp3) is 0.500. The Hall–Kier alpha value is -0.890. The molecule has 0 radical (unpaired) electrons. The molecule has 0 amide bonds. The van der Waals surface area contributed by atoms with Gasteiger partial charge in [0.2, 0.25) is 0 Å². The zero-order valence-electron chi connectivity index (χ0n) is 7.38. The molecule has 2 nitrogen and oxygen atoms in total. The van der Waals surface area contributed by atoms with Crippen molar-refractivity contribution in [1.82, 2.24) is 0 Å². The maximum Gasteiger partial charge on any atom is 0.160 e. The fourth-order valence-electron chi connectivity index (χ4n) is 1.20. The lowest BCUT2D eigenvalue weighted by atomic mass is 9.97. The highest BCUT2D eigenvalue weighted by molar-refractivity contribution is 5.95. The van der Waals surface area contributed by atoms with Crippen LogP contribution < -0.4 is 0 Å².